The van der Waals surface area contributed by atoms with Crippen molar-refractivity contribution in [2.75, 3.05) is 18.5 Å². The van der Waals surface area contributed by atoms with Crippen LogP contribution in [0.1, 0.15) is 39.5 Å². The molecule has 3 heterocycles. The molecule has 2 amide bonds. The van der Waals surface area contributed by atoms with Crippen LogP contribution in [0, 0.1) is 0 Å². The molecule has 28 heavy (non-hydrogen) atoms. The number of phenols is 1. The first-order valence-electron chi connectivity index (χ1n) is 8.70. The predicted octanol–water partition coefficient (Wildman–Crippen LogP) is 4.35. The van der Waals surface area contributed by atoms with E-state index < -0.39 is 6.17 Å². The van der Waals surface area contributed by atoms with E-state index in [0.717, 1.165) is 25.5 Å². The van der Waals surface area contributed by atoms with Crippen LogP contribution in [-0.2, 0) is 17.7 Å². The third-order valence-corrected chi connectivity index (χ3v) is 7.21. The highest BCUT2D eigenvalue weighted by molar-refractivity contribution is 9.11. The Bertz CT molecular complexity index is 978. The molecule has 7 nitrogen and oxygen atoms in total. The van der Waals surface area contributed by atoms with Gasteiger partial charge in [0, 0.05) is 21.5 Å². The maximum Gasteiger partial charge on any atom is 0.410 e. The standard InChI is InChI=1S/C18H17Br2N3O4S/c1-2-27-18(26)23-4-3-8-13(7-23)28-17-14(8)16(25)21-15(22-17)9-5-12(24)11(20)6-10(9)19/h5-6,15,22,24H,2-4,7H2,1H3,(H,21,25)/t15-/m0/s1. The summed E-state index contributed by atoms with van der Waals surface area (Å²) in [6.45, 7) is 3.08. The SMILES string of the molecule is CCOC(=O)N1CCc2c(sc3c2C(=O)N[C@H](c2cc(O)c(Br)cc2Br)N3)C1. The molecule has 1 atom stereocenters. The summed E-state index contributed by atoms with van der Waals surface area (Å²) in [7, 11) is 0. The number of carbonyl (C=O) groups excluding carboxylic acids is 2. The molecule has 2 aliphatic rings. The van der Waals surface area contributed by atoms with E-state index in [-0.39, 0.29) is 17.7 Å². The maximum absolute atomic E-state index is 12.8. The number of halogens is 2. The van der Waals surface area contributed by atoms with Gasteiger partial charge in [-0.1, -0.05) is 15.9 Å². The first kappa shape index (κ1) is 19.5. The summed E-state index contributed by atoms with van der Waals surface area (Å²) in [5.41, 5.74) is 2.36. The summed E-state index contributed by atoms with van der Waals surface area (Å²) in [6, 6.07) is 3.35. The van der Waals surface area contributed by atoms with Crippen LogP contribution in [-0.4, -0.2) is 35.2 Å². The van der Waals surface area contributed by atoms with Crippen LogP contribution in [0.15, 0.2) is 21.1 Å². The van der Waals surface area contributed by atoms with E-state index in [4.69, 9.17) is 4.74 Å². The summed E-state index contributed by atoms with van der Waals surface area (Å²) >= 11 is 8.25. The van der Waals surface area contributed by atoms with Crippen LogP contribution in [0.3, 0.4) is 0 Å². The number of nitrogens with one attached hydrogen (secondary N) is 2. The van der Waals surface area contributed by atoms with Crippen molar-refractivity contribution in [3.05, 3.63) is 42.6 Å². The van der Waals surface area contributed by atoms with Crippen LogP contribution < -0.4 is 10.6 Å². The number of rotatable bonds is 2. The average molecular weight is 531 g/mol. The van der Waals surface area contributed by atoms with Gasteiger partial charge in [0.25, 0.3) is 5.91 Å². The van der Waals surface area contributed by atoms with Crippen molar-refractivity contribution in [2.24, 2.45) is 0 Å². The van der Waals surface area contributed by atoms with Gasteiger partial charge in [-0.3, -0.25) is 4.79 Å². The summed E-state index contributed by atoms with van der Waals surface area (Å²) in [4.78, 5) is 27.5. The monoisotopic (exact) mass is 529 g/mol. The molecule has 0 saturated heterocycles. The number of phenolic OH excluding ortho intramolecular Hbond substituents is 1. The molecule has 2 aromatic rings. The Balaban J connectivity index is 1.63. The zero-order chi connectivity index (χ0) is 20.0. The zero-order valence-corrected chi connectivity index (χ0v) is 18.8. The molecular weight excluding hydrogens is 514 g/mol. The lowest BCUT2D eigenvalue weighted by molar-refractivity contribution is 0.0934. The van der Waals surface area contributed by atoms with E-state index in [0.29, 0.717) is 36.2 Å². The normalized spacial score (nSPS) is 18.0. The number of carbonyl (C=O) groups is 2. The van der Waals surface area contributed by atoms with Crippen LogP contribution in [0.5, 0.6) is 5.75 Å². The second-order valence-corrected chi connectivity index (χ2v) is 9.27. The molecule has 4 rings (SSSR count). The molecule has 1 aromatic carbocycles. The molecule has 0 aliphatic carbocycles. The van der Waals surface area contributed by atoms with Gasteiger partial charge in [-0.15, -0.1) is 11.3 Å². The van der Waals surface area contributed by atoms with Crippen LogP contribution >= 0.6 is 43.2 Å². The highest BCUT2D eigenvalue weighted by Gasteiger charge is 2.35. The lowest BCUT2D eigenvalue weighted by Gasteiger charge is -2.28. The van der Waals surface area contributed by atoms with Gasteiger partial charge in [-0.05, 0) is 47.0 Å². The third-order valence-electron chi connectivity index (χ3n) is 4.74. The Morgan fingerprint density at radius 1 is 1.36 bits per heavy atom. The van der Waals surface area contributed by atoms with Gasteiger partial charge in [0.1, 0.15) is 16.9 Å². The summed E-state index contributed by atoms with van der Waals surface area (Å²) < 4.78 is 6.42. The molecule has 0 radical (unpaired) electrons. The molecule has 0 unspecified atom stereocenters. The van der Waals surface area contributed by atoms with Crippen molar-refractivity contribution in [3.8, 4) is 5.75 Å². The minimum atomic E-state index is -0.477. The Hall–Kier alpha value is -1.78. The van der Waals surface area contributed by atoms with E-state index in [2.05, 4.69) is 42.5 Å². The summed E-state index contributed by atoms with van der Waals surface area (Å²) in [5, 5.41) is 17.1. The van der Waals surface area contributed by atoms with E-state index in [1.165, 1.54) is 11.3 Å². The number of hydrogen-bond acceptors (Lipinski definition) is 6. The number of nitrogens with zero attached hydrogens (tertiary/aromatic N) is 1. The Kier molecular flexibility index (Phi) is 5.28. The number of thiophene rings is 1. The smallest absolute Gasteiger partial charge is 0.410 e. The van der Waals surface area contributed by atoms with E-state index in [9.17, 15) is 14.7 Å². The molecule has 0 saturated carbocycles. The van der Waals surface area contributed by atoms with Crippen molar-refractivity contribution < 1.29 is 19.4 Å². The number of benzene rings is 1. The molecule has 2 aliphatic heterocycles. The number of fused-ring (bicyclic) bond motifs is 3. The van der Waals surface area contributed by atoms with Crippen LogP contribution in [0.4, 0.5) is 9.80 Å². The molecule has 0 fully saturated rings. The highest BCUT2D eigenvalue weighted by atomic mass is 79.9. The van der Waals surface area contributed by atoms with E-state index >= 15 is 0 Å². The van der Waals surface area contributed by atoms with Gasteiger partial charge in [-0.2, -0.15) is 0 Å². The minimum absolute atomic E-state index is 0.0931. The number of aromatic hydroxyl groups is 1. The lowest BCUT2D eigenvalue weighted by Crippen LogP contribution is -2.39. The number of hydrogen-bond donors (Lipinski definition) is 3. The molecular formula is C18H17Br2N3O4S. The number of ether oxygens (including phenoxy) is 1. The Labute approximate surface area is 182 Å². The highest BCUT2D eigenvalue weighted by Crippen LogP contribution is 2.42. The summed E-state index contributed by atoms with van der Waals surface area (Å²) in [5.74, 6) is -0.0641. The second-order valence-electron chi connectivity index (χ2n) is 6.45. The molecule has 10 heteroatoms. The number of amides is 2. The minimum Gasteiger partial charge on any atom is -0.507 e. The molecule has 3 N–H and O–H groups in total. The lowest BCUT2D eigenvalue weighted by atomic mass is 10.0. The van der Waals surface area contributed by atoms with Gasteiger partial charge in [-0.25, -0.2) is 4.79 Å². The second kappa shape index (κ2) is 7.57. The average Bonchev–Trinajstić information content (AvgIpc) is 3.02. The van der Waals surface area contributed by atoms with Crippen molar-refractivity contribution in [1.82, 2.24) is 10.2 Å². The topological polar surface area (TPSA) is 90.9 Å². The van der Waals surface area contributed by atoms with Gasteiger partial charge in [0.15, 0.2) is 0 Å². The summed E-state index contributed by atoms with van der Waals surface area (Å²) in [6.07, 6.45) is -0.193. The third kappa shape index (κ3) is 3.37. The first-order chi connectivity index (χ1) is 13.4. The first-order valence-corrected chi connectivity index (χ1v) is 11.1. The van der Waals surface area contributed by atoms with E-state index in [1.807, 2.05) is 0 Å². The predicted molar refractivity (Wildman–Crippen MR) is 113 cm³/mol. The molecule has 148 valence electrons. The quantitative estimate of drug-likeness (QED) is 0.537. The van der Waals surface area contributed by atoms with Crippen LogP contribution in [0.25, 0.3) is 0 Å². The van der Waals surface area contributed by atoms with Crippen LogP contribution in [0.2, 0.25) is 0 Å². The number of anilines is 1. The fraction of sp³-hybridized carbons (Fsp3) is 0.333. The Morgan fingerprint density at radius 2 is 2.14 bits per heavy atom. The van der Waals surface area contributed by atoms with Gasteiger partial charge >= 0.3 is 6.09 Å². The van der Waals surface area contributed by atoms with Gasteiger partial charge in [0.05, 0.1) is 23.2 Å². The maximum atomic E-state index is 12.8. The molecule has 0 bridgehead atoms. The van der Waals surface area contributed by atoms with Crippen molar-refractivity contribution in [3.63, 3.8) is 0 Å². The van der Waals surface area contributed by atoms with Crippen molar-refractivity contribution in [1.29, 1.82) is 0 Å². The fourth-order valence-electron chi connectivity index (χ4n) is 3.42. The molecule has 1 aromatic heterocycles. The van der Waals surface area contributed by atoms with Gasteiger partial charge < -0.3 is 25.4 Å². The van der Waals surface area contributed by atoms with Crippen molar-refractivity contribution in [2.45, 2.75) is 26.1 Å². The largest absolute Gasteiger partial charge is 0.507 e. The zero-order valence-electron chi connectivity index (χ0n) is 14.8. The van der Waals surface area contributed by atoms with Gasteiger partial charge in [0.2, 0.25) is 0 Å². The van der Waals surface area contributed by atoms with Crippen molar-refractivity contribution >= 4 is 60.2 Å². The fourth-order valence-corrected chi connectivity index (χ4v) is 5.93. The Morgan fingerprint density at radius 3 is 2.89 bits per heavy atom. The molecule has 0 spiro atoms. The van der Waals surface area contributed by atoms with E-state index in [1.54, 1.807) is 24.0 Å².